The van der Waals surface area contributed by atoms with E-state index in [9.17, 15) is 18.0 Å². The molecule has 0 aliphatic heterocycles. The van der Waals surface area contributed by atoms with Gasteiger partial charge in [0.15, 0.2) is 0 Å². The molecule has 0 unspecified atom stereocenters. The van der Waals surface area contributed by atoms with Crippen LogP contribution in [0, 0.1) is 20.8 Å². The molecule has 0 saturated heterocycles. The highest BCUT2D eigenvalue weighted by atomic mass is 32.2. The van der Waals surface area contributed by atoms with Crippen molar-refractivity contribution in [1.82, 2.24) is 14.5 Å². The van der Waals surface area contributed by atoms with Crippen LogP contribution in [0.4, 0.5) is 5.69 Å². The van der Waals surface area contributed by atoms with Crippen molar-refractivity contribution in [3.63, 3.8) is 0 Å². The molecule has 40 heavy (non-hydrogen) atoms. The zero-order valence-electron chi connectivity index (χ0n) is 24.2. The zero-order chi connectivity index (χ0) is 29.4. The molecule has 3 aromatic carbocycles. The molecule has 0 spiro atoms. The first-order valence-electron chi connectivity index (χ1n) is 13.4. The molecule has 0 aliphatic rings. The summed E-state index contributed by atoms with van der Waals surface area (Å²) in [4.78, 5) is 29.3. The summed E-state index contributed by atoms with van der Waals surface area (Å²) in [6.07, 6.45) is 0.286. The predicted octanol–water partition coefficient (Wildman–Crippen LogP) is 4.00. The number of carbonyl (C=O) groups is 2. The number of benzene rings is 3. The summed E-state index contributed by atoms with van der Waals surface area (Å²) in [5.41, 5.74) is 4.77. The van der Waals surface area contributed by atoms with Gasteiger partial charge in [0.2, 0.25) is 11.8 Å². The molecule has 1 N–H and O–H groups in total. The largest absolute Gasteiger partial charge is 0.355 e. The highest BCUT2D eigenvalue weighted by Crippen LogP contribution is 2.26. The van der Waals surface area contributed by atoms with Crippen LogP contribution < -0.4 is 9.62 Å². The average Bonchev–Trinajstić information content (AvgIpc) is 2.92. The monoisotopic (exact) mass is 564 g/mol. The van der Waals surface area contributed by atoms with E-state index in [1.165, 1.54) is 19.0 Å². The number of nitrogens with one attached hydrogen (secondary N) is 1. The van der Waals surface area contributed by atoms with Gasteiger partial charge in [0, 0.05) is 33.6 Å². The van der Waals surface area contributed by atoms with E-state index in [0.717, 1.165) is 36.4 Å². The van der Waals surface area contributed by atoms with E-state index in [2.05, 4.69) is 5.32 Å². The van der Waals surface area contributed by atoms with Crippen molar-refractivity contribution in [3.05, 3.63) is 101 Å². The second-order valence-corrected chi connectivity index (χ2v) is 12.2. The lowest BCUT2D eigenvalue weighted by Gasteiger charge is -2.35. The quantitative estimate of drug-likeness (QED) is 0.360. The third-order valence-electron chi connectivity index (χ3n) is 6.88. The number of hydrogen-bond acceptors (Lipinski definition) is 4. The van der Waals surface area contributed by atoms with Gasteiger partial charge < -0.3 is 10.2 Å². The van der Waals surface area contributed by atoms with Crippen LogP contribution in [-0.2, 0) is 32.8 Å². The van der Waals surface area contributed by atoms with Gasteiger partial charge in [0.1, 0.15) is 12.6 Å². The Morgan fingerprint density at radius 1 is 0.875 bits per heavy atom. The second-order valence-electron chi connectivity index (χ2n) is 10.1. The summed E-state index contributed by atoms with van der Waals surface area (Å²) in [6.45, 7) is 7.58. The van der Waals surface area contributed by atoms with Gasteiger partial charge >= 0.3 is 10.2 Å². The van der Waals surface area contributed by atoms with Gasteiger partial charge in [-0.25, -0.2) is 4.31 Å². The van der Waals surface area contributed by atoms with E-state index in [-0.39, 0.29) is 18.9 Å². The van der Waals surface area contributed by atoms with E-state index in [4.69, 9.17) is 0 Å². The van der Waals surface area contributed by atoms with E-state index in [1.54, 1.807) is 6.07 Å². The summed E-state index contributed by atoms with van der Waals surface area (Å²) < 4.78 is 29.4. The molecule has 0 saturated carbocycles. The molecule has 0 aliphatic carbocycles. The van der Waals surface area contributed by atoms with Gasteiger partial charge in [-0.15, -0.1) is 0 Å². The number of aryl methyl sites for hydroxylation is 3. The minimum Gasteiger partial charge on any atom is -0.355 e. The highest BCUT2D eigenvalue weighted by molar-refractivity contribution is 7.90. The maximum Gasteiger partial charge on any atom is 0.304 e. The molecular formula is C31H40N4O4S. The Kier molecular flexibility index (Phi) is 10.5. The van der Waals surface area contributed by atoms with Crippen molar-refractivity contribution in [2.45, 2.75) is 46.7 Å². The van der Waals surface area contributed by atoms with Crippen molar-refractivity contribution in [1.29, 1.82) is 0 Å². The molecule has 0 fully saturated rings. The molecule has 0 heterocycles. The number of rotatable bonds is 12. The molecule has 0 aromatic heterocycles. The van der Waals surface area contributed by atoms with Crippen molar-refractivity contribution in [2.75, 3.05) is 31.5 Å². The smallest absolute Gasteiger partial charge is 0.304 e. The van der Waals surface area contributed by atoms with Crippen LogP contribution in [0.15, 0.2) is 72.8 Å². The molecule has 214 valence electrons. The van der Waals surface area contributed by atoms with Crippen molar-refractivity contribution in [2.24, 2.45) is 0 Å². The van der Waals surface area contributed by atoms with Gasteiger partial charge in [-0.1, -0.05) is 66.7 Å². The Morgan fingerprint density at radius 3 is 2.15 bits per heavy atom. The lowest BCUT2D eigenvalue weighted by atomic mass is 10.0. The van der Waals surface area contributed by atoms with Crippen LogP contribution in [0.3, 0.4) is 0 Å². The lowest BCUT2D eigenvalue weighted by Crippen LogP contribution is -2.54. The number of likely N-dealkylation sites (N-methyl/N-ethyl adjacent to an activating group) is 1. The number of carbonyl (C=O) groups excluding carboxylic acids is 2. The predicted molar refractivity (Wildman–Crippen MR) is 160 cm³/mol. The molecule has 1 atom stereocenters. The SMILES string of the molecule is CCNC(=O)[C@@H](Cc1ccccc1)N(Cc1ccccc1C)C(=O)CN(c1cc(C)ccc1C)S(=O)(=O)N(C)C. The van der Waals surface area contributed by atoms with Crippen LogP contribution in [0.5, 0.6) is 0 Å². The summed E-state index contributed by atoms with van der Waals surface area (Å²) in [5, 5.41) is 2.88. The maximum absolute atomic E-state index is 14.3. The first kappa shape index (κ1) is 30.8. The molecule has 0 radical (unpaired) electrons. The van der Waals surface area contributed by atoms with Crippen molar-refractivity contribution in [3.8, 4) is 0 Å². The Labute approximate surface area is 238 Å². The van der Waals surface area contributed by atoms with Crippen LogP contribution in [0.1, 0.15) is 34.7 Å². The second kappa shape index (κ2) is 13.6. The Bertz CT molecular complexity index is 1420. The van der Waals surface area contributed by atoms with Crippen LogP contribution in [-0.4, -0.2) is 62.7 Å². The molecule has 9 heteroatoms. The molecule has 8 nitrogen and oxygen atoms in total. The molecular weight excluding hydrogens is 524 g/mol. The topological polar surface area (TPSA) is 90.0 Å². The standard InChI is InChI=1S/C31H40N4O4S/c1-7-32-31(37)29(20-26-14-9-8-10-15-26)34(21-27-16-12-11-13-24(27)3)30(36)22-35(40(38,39)33(5)6)28-19-23(2)17-18-25(28)4/h8-19,29H,7,20-22H2,1-6H3,(H,32,37)/t29-/m1/s1. The maximum atomic E-state index is 14.3. The van der Waals surface area contributed by atoms with Gasteiger partial charge in [-0.05, 0) is 61.6 Å². The number of nitrogens with zero attached hydrogens (tertiary/aromatic N) is 3. The fourth-order valence-electron chi connectivity index (χ4n) is 4.51. The van der Waals surface area contributed by atoms with Crippen molar-refractivity contribution >= 4 is 27.7 Å². The highest BCUT2D eigenvalue weighted by Gasteiger charge is 2.35. The van der Waals surface area contributed by atoms with E-state index >= 15 is 0 Å². The Hall–Kier alpha value is -3.69. The number of amides is 2. The van der Waals surface area contributed by atoms with Crippen LogP contribution in [0.2, 0.25) is 0 Å². The summed E-state index contributed by atoms with van der Waals surface area (Å²) in [6, 6.07) is 21.9. The Balaban J connectivity index is 2.12. The van der Waals surface area contributed by atoms with Crippen LogP contribution in [0.25, 0.3) is 0 Å². The summed E-state index contributed by atoms with van der Waals surface area (Å²) in [5.74, 6) is -0.760. The molecule has 3 aromatic rings. The Morgan fingerprint density at radius 2 is 1.52 bits per heavy atom. The van der Waals surface area contributed by atoms with Gasteiger partial charge in [-0.3, -0.25) is 9.59 Å². The minimum absolute atomic E-state index is 0.156. The third kappa shape index (κ3) is 7.49. The third-order valence-corrected chi connectivity index (χ3v) is 8.68. The fraction of sp³-hybridized carbons (Fsp3) is 0.355. The van der Waals surface area contributed by atoms with Crippen LogP contribution >= 0.6 is 0 Å². The average molecular weight is 565 g/mol. The normalized spacial score (nSPS) is 12.2. The molecule has 3 rings (SSSR count). The fourth-order valence-corrected chi connectivity index (χ4v) is 5.62. The van der Waals surface area contributed by atoms with E-state index < -0.39 is 28.7 Å². The van der Waals surface area contributed by atoms with Gasteiger partial charge in [0.05, 0.1) is 5.69 Å². The number of hydrogen-bond donors (Lipinski definition) is 1. The number of anilines is 1. The van der Waals surface area contributed by atoms with Gasteiger partial charge in [-0.2, -0.15) is 12.7 Å². The van der Waals surface area contributed by atoms with E-state index in [0.29, 0.717) is 12.2 Å². The summed E-state index contributed by atoms with van der Waals surface area (Å²) >= 11 is 0. The lowest BCUT2D eigenvalue weighted by molar-refractivity contribution is -0.140. The first-order valence-corrected chi connectivity index (χ1v) is 14.8. The van der Waals surface area contributed by atoms with E-state index in [1.807, 2.05) is 94.4 Å². The zero-order valence-corrected chi connectivity index (χ0v) is 25.0. The van der Waals surface area contributed by atoms with Gasteiger partial charge in [0.25, 0.3) is 0 Å². The molecule has 2 amide bonds. The van der Waals surface area contributed by atoms with Crippen molar-refractivity contribution < 1.29 is 18.0 Å². The first-order chi connectivity index (χ1) is 18.9. The summed E-state index contributed by atoms with van der Waals surface area (Å²) in [7, 11) is -1.16. The molecule has 0 bridgehead atoms. The minimum atomic E-state index is -4.04.